The van der Waals surface area contributed by atoms with E-state index in [4.69, 9.17) is 9.52 Å². The summed E-state index contributed by atoms with van der Waals surface area (Å²) in [6.45, 7) is 12.3. The molecular weight excluding hydrogens is 376 g/mol. The Morgan fingerprint density at radius 3 is 2.57 bits per heavy atom. The predicted octanol–water partition coefficient (Wildman–Crippen LogP) is 3.86. The van der Waals surface area contributed by atoms with E-state index in [-0.39, 0.29) is 0 Å². The Labute approximate surface area is 178 Å². The lowest BCUT2D eigenvalue weighted by molar-refractivity contribution is 0.380. The number of aryl methyl sites for hydroxylation is 4. The third-order valence-electron chi connectivity index (χ3n) is 5.02. The molecule has 0 spiro atoms. The lowest BCUT2D eigenvalue weighted by atomic mass is 10.1. The van der Waals surface area contributed by atoms with Gasteiger partial charge in [-0.15, -0.1) is 0 Å². The second-order valence-corrected chi connectivity index (χ2v) is 7.25. The molecule has 2 N–H and O–H groups in total. The van der Waals surface area contributed by atoms with Crippen molar-refractivity contribution in [1.82, 2.24) is 25.6 Å². The molecule has 0 saturated heterocycles. The first kappa shape index (κ1) is 21.6. The van der Waals surface area contributed by atoms with Crippen LogP contribution in [-0.2, 0) is 25.9 Å². The molecule has 30 heavy (non-hydrogen) atoms. The highest BCUT2D eigenvalue weighted by molar-refractivity contribution is 5.79. The number of rotatable bonds is 8. The zero-order valence-corrected chi connectivity index (χ0v) is 18.6. The third kappa shape index (κ3) is 4.90. The van der Waals surface area contributed by atoms with Crippen LogP contribution >= 0.6 is 0 Å². The Hall–Kier alpha value is -3.09. The highest BCUT2D eigenvalue weighted by Gasteiger charge is 2.14. The second-order valence-electron chi connectivity index (χ2n) is 7.25. The average Bonchev–Trinajstić information content (AvgIpc) is 3.31. The van der Waals surface area contributed by atoms with Crippen LogP contribution in [-0.4, -0.2) is 27.4 Å². The summed E-state index contributed by atoms with van der Waals surface area (Å²) in [5, 5.41) is 15.6. The van der Waals surface area contributed by atoms with E-state index in [1.54, 1.807) is 0 Å². The van der Waals surface area contributed by atoms with E-state index in [1.807, 2.05) is 23.7 Å². The highest BCUT2D eigenvalue weighted by Crippen LogP contribution is 2.18. The van der Waals surface area contributed by atoms with E-state index in [0.29, 0.717) is 13.1 Å². The van der Waals surface area contributed by atoms with Gasteiger partial charge in [0.1, 0.15) is 5.76 Å². The lowest BCUT2D eigenvalue weighted by Crippen LogP contribution is -2.37. The first-order chi connectivity index (χ1) is 14.6. The summed E-state index contributed by atoms with van der Waals surface area (Å²) in [7, 11) is 0. The summed E-state index contributed by atoms with van der Waals surface area (Å²) in [6.07, 6.45) is 1.68. The van der Waals surface area contributed by atoms with Gasteiger partial charge >= 0.3 is 0 Å². The van der Waals surface area contributed by atoms with Crippen molar-refractivity contribution in [2.75, 3.05) is 6.54 Å². The van der Waals surface area contributed by atoms with Crippen molar-refractivity contribution in [1.29, 1.82) is 0 Å². The van der Waals surface area contributed by atoms with E-state index >= 15 is 0 Å². The van der Waals surface area contributed by atoms with Crippen LogP contribution in [0.15, 0.2) is 39.8 Å². The molecule has 0 fully saturated rings. The second kappa shape index (κ2) is 10.1. The fraction of sp³-hybridized carbons (Fsp3) is 0.435. The molecule has 0 saturated carbocycles. The zero-order chi connectivity index (χ0) is 21.5. The summed E-state index contributed by atoms with van der Waals surface area (Å²) in [5.41, 5.74) is 6.44. The Bertz CT molecular complexity index is 980. The number of hydrogen-bond donors (Lipinski definition) is 2. The van der Waals surface area contributed by atoms with Gasteiger partial charge in [-0.05, 0) is 44.9 Å². The quantitative estimate of drug-likeness (QED) is 0.437. The number of nitrogens with one attached hydrogen (secondary N) is 2. The maximum atomic E-state index is 5.48. The molecule has 7 heteroatoms. The van der Waals surface area contributed by atoms with E-state index in [9.17, 15) is 0 Å². The van der Waals surface area contributed by atoms with Gasteiger partial charge in [-0.25, -0.2) is 9.67 Å². The molecule has 0 bridgehead atoms. The molecule has 2 aromatic heterocycles. The Morgan fingerprint density at radius 1 is 1.10 bits per heavy atom. The van der Waals surface area contributed by atoms with Gasteiger partial charge in [-0.3, -0.25) is 0 Å². The summed E-state index contributed by atoms with van der Waals surface area (Å²) in [4.78, 5) is 4.82. The van der Waals surface area contributed by atoms with Crippen molar-refractivity contribution in [3.05, 3.63) is 64.3 Å². The van der Waals surface area contributed by atoms with Crippen molar-refractivity contribution in [2.45, 2.75) is 60.5 Å². The van der Waals surface area contributed by atoms with E-state index < -0.39 is 0 Å². The van der Waals surface area contributed by atoms with Crippen LogP contribution in [0.3, 0.4) is 0 Å². The third-order valence-corrected chi connectivity index (χ3v) is 5.02. The molecule has 2 heterocycles. The van der Waals surface area contributed by atoms with Gasteiger partial charge < -0.3 is 15.2 Å². The first-order valence-corrected chi connectivity index (χ1v) is 10.7. The van der Waals surface area contributed by atoms with Crippen LogP contribution in [0.1, 0.15) is 54.7 Å². The average molecular weight is 409 g/mol. The van der Waals surface area contributed by atoms with Gasteiger partial charge in [0.05, 0.1) is 23.6 Å². The number of guanidine groups is 1. The fourth-order valence-electron chi connectivity index (χ4n) is 3.54. The maximum Gasteiger partial charge on any atom is 0.191 e. The zero-order valence-electron chi connectivity index (χ0n) is 18.6. The SMILES string of the molecule is CCNC(=NCc1ccccc1-n1nc(C)cc1C)NCc1c(CC)noc1CC. The van der Waals surface area contributed by atoms with E-state index in [1.165, 1.54) is 0 Å². The van der Waals surface area contributed by atoms with Crippen molar-refractivity contribution in [3.8, 4) is 5.69 Å². The smallest absolute Gasteiger partial charge is 0.191 e. The molecule has 0 aliphatic carbocycles. The van der Waals surface area contributed by atoms with Crippen LogP contribution in [0.5, 0.6) is 0 Å². The molecule has 160 valence electrons. The van der Waals surface area contributed by atoms with Gasteiger partial charge in [0, 0.05) is 30.8 Å². The predicted molar refractivity (Wildman–Crippen MR) is 120 cm³/mol. The molecule has 3 rings (SSSR count). The Kier molecular flexibility index (Phi) is 7.27. The summed E-state index contributed by atoms with van der Waals surface area (Å²) < 4.78 is 7.46. The Balaban J connectivity index is 1.79. The van der Waals surface area contributed by atoms with Crippen molar-refractivity contribution >= 4 is 5.96 Å². The molecule has 0 amide bonds. The molecule has 0 unspecified atom stereocenters. The summed E-state index contributed by atoms with van der Waals surface area (Å²) in [6, 6.07) is 10.3. The number of hydrogen-bond acceptors (Lipinski definition) is 4. The number of aromatic nitrogens is 3. The van der Waals surface area contributed by atoms with Crippen molar-refractivity contribution in [3.63, 3.8) is 0 Å². The van der Waals surface area contributed by atoms with Crippen LogP contribution in [0.2, 0.25) is 0 Å². The van der Waals surface area contributed by atoms with Crippen molar-refractivity contribution < 1.29 is 4.52 Å². The molecular formula is C23H32N6O. The monoisotopic (exact) mass is 408 g/mol. The maximum absolute atomic E-state index is 5.48. The van der Waals surface area contributed by atoms with Gasteiger partial charge in [-0.2, -0.15) is 5.10 Å². The molecule has 1 aromatic carbocycles. The van der Waals surface area contributed by atoms with Gasteiger partial charge in [0.15, 0.2) is 5.96 Å². The standard InChI is InChI=1S/C23H32N6O/c1-6-20-19(22(7-2)30-28-20)15-26-23(24-8-3)25-14-18-11-9-10-12-21(18)29-17(5)13-16(4)27-29/h9-13H,6-8,14-15H2,1-5H3,(H2,24,25,26). The minimum Gasteiger partial charge on any atom is -0.361 e. The molecule has 3 aromatic rings. The highest BCUT2D eigenvalue weighted by atomic mass is 16.5. The minimum atomic E-state index is 0.550. The van der Waals surface area contributed by atoms with Gasteiger partial charge in [0.2, 0.25) is 0 Å². The van der Waals surface area contributed by atoms with Crippen LogP contribution in [0, 0.1) is 13.8 Å². The fourth-order valence-corrected chi connectivity index (χ4v) is 3.54. The van der Waals surface area contributed by atoms with Crippen molar-refractivity contribution in [2.24, 2.45) is 4.99 Å². The first-order valence-electron chi connectivity index (χ1n) is 10.7. The molecule has 0 radical (unpaired) electrons. The number of para-hydroxylation sites is 1. The topological polar surface area (TPSA) is 80.3 Å². The van der Waals surface area contributed by atoms with Gasteiger partial charge in [0.25, 0.3) is 0 Å². The van der Waals surface area contributed by atoms with E-state index in [0.717, 1.165) is 65.0 Å². The Morgan fingerprint density at radius 2 is 1.90 bits per heavy atom. The summed E-state index contributed by atoms with van der Waals surface area (Å²) in [5.74, 6) is 1.70. The summed E-state index contributed by atoms with van der Waals surface area (Å²) >= 11 is 0. The number of aliphatic imine (C=N–C) groups is 1. The largest absolute Gasteiger partial charge is 0.361 e. The number of benzene rings is 1. The normalized spacial score (nSPS) is 11.7. The molecule has 7 nitrogen and oxygen atoms in total. The van der Waals surface area contributed by atoms with Crippen LogP contribution in [0.4, 0.5) is 0 Å². The van der Waals surface area contributed by atoms with Crippen LogP contribution < -0.4 is 10.6 Å². The lowest BCUT2D eigenvalue weighted by Gasteiger charge is -2.13. The van der Waals surface area contributed by atoms with Crippen LogP contribution in [0.25, 0.3) is 5.69 Å². The molecule has 0 aliphatic rings. The van der Waals surface area contributed by atoms with Gasteiger partial charge in [-0.1, -0.05) is 37.2 Å². The number of nitrogens with zero attached hydrogens (tertiary/aromatic N) is 4. The molecule has 0 aliphatic heterocycles. The minimum absolute atomic E-state index is 0.550. The molecule has 0 atom stereocenters. The van der Waals surface area contributed by atoms with E-state index in [2.05, 4.69) is 66.8 Å².